The quantitative estimate of drug-likeness (QED) is 0.353. The zero-order valence-corrected chi connectivity index (χ0v) is 18.9. The molecule has 3 aromatic heterocycles. The van der Waals surface area contributed by atoms with Gasteiger partial charge in [0.05, 0.1) is 23.7 Å². The normalized spacial score (nSPS) is 10.8. The van der Waals surface area contributed by atoms with Crippen LogP contribution in [-0.2, 0) is 0 Å². The summed E-state index contributed by atoms with van der Waals surface area (Å²) in [6, 6.07) is 17.3. The number of pyridine rings is 1. The van der Waals surface area contributed by atoms with Gasteiger partial charge < -0.3 is 15.0 Å². The first kappa shape index (κ1) is 21.1. The highest BCUT2D eigenvalue weighted by Crippen LogP contribution is 2.34. The Kier molecular flexibility index (Phi) is 5.36. The SMILES string of the molecule is Cc1ccc(-c2cc(C)c(Oc3nc(Nc4ccc(C#N)cc4)nc4[nH]cnc34)c(C)c2)nc1. The van der Waals surface area contributed by atoms with Crippen molar-refractivity contribution < 1.29 is 4.74 Å². The Labute approximate surface area is 196 Å². The molecule has 0 fully saturated rings. The highest BCUT2D eigenvalue weighted by Gasteiger charge is 2.16. The van der Waals surface area contributed by atoms with Crippen molar-refractivity contribution in [1.82, 2.24) is 24.9 Å². The molecular weight excluding hydrogens is 426 g/mol. The van der Waals surface area contributed by atoms with E-state index >= 15 is 0 Å². The van der Waals surface area contributed by atoms with Gasteiger partial charge in [0.2, 0.25) is 5.95 Å². The Hall–Kier alpha value is -4.77. The molecule has 0 saturated heterocycles. The van der Waals surface area contributed by atoms with Gasteiger partial charge in [0.25, 0.3) is 5.88 Å². The number of aromatic nitrogens is 5. The molecule has 166 valence electrons. The largest absolute Gasteiger partial charge is 0.436 e. The van der Waals surface area contributed by atoms with Crippen molar-refractivity contribution in [1.29, 1.82) is 5.26 Å². The fraction of sp³-hybridized carbons (Fsp3) is 0.115. The Morgan fingerprint density at radius 1 is 0.941 bits per heavy atom. The van der Waals surface area contributed by atoms with Gasteiger partial charge in [0, 0.05) is 17.4 Å². The van der Waals surface area contributed by atoms with Crippen LogP contribution in [0.5, 0.6) is 11.6 Å². The highest BCUT2D eigenvalue weighted by atomic mass is 16.5. The lowest BCUT2D eigenvalue weighted by Crippen LogP contribution is -2.01. The minimum Gasteiger partial charge on any atom is -0.436 e. The number of hydrogen-bond donors (Lipinski definition) is 2. The minimum atomic E-state index is 0.342. The van der Waals surface area contributed by atoms with Crippen LogP contribution in [0.1, 0.15) is 22.3 Å². The van der Waals surface area contributed by atoms with E-state index in [9.17, 15) is 0 Å². The predicted octanol–water partition coefficient (Wildman–Crippen LogP) is 5.75. The van der Waals surface area contributed by atoms with Crippen LogP contribution in [0.2, 0.25) is 0 Å². The molecule has 0 unspecified atom stereocenters. The summed E-state index contributed by atoms with van der Waals surface area (Å²) in [7, 11) is 0. The first-order valence-electron chi connectivity index (χ1n) is 10.7. The lowest BCUT2D eigenvalue weighted by Gasteiger charge is -2.14. The van der Waals surface area contributed by atoms with Gasteiger partial charge in [-0.05, 0) is 79.9 Å². The number of benzene rings is 2. The maximum absolute atomic E-state index is 9.00. The number of nitrogens with one attached hydrogen (secondary N) is 2. The van der Waals surface area contributed by atoms with Gasteiger partial charge in [-0.3, -0.25) is 4.98 Å². The van der Waals surface area contributed by atoms with Crippen LogP contribution < -0.4 is 10.1 Å². The van der Waals surface area contributed by atoms with E-state index in [2.05, 4.69) is 54.5 Å². The standard InChI is InChI=1S/C26H21N7O/c1-15-4-9-21(28-13-15)19-10-16(2)23(17(3)11-19)34-25-22-24(30-14-29-22)32-26(33-25)31-20-7-5-18(12-27)6-8-20/h4-11,13-14H,1-3H3,(H2,29,30,31,32,33). The molecule has 0 radical (unpaired) electrons. The number of fused-ring (bicyclic) bond motifs is 1. The highest BCUT2D eigenvalue weighted by molar-refractivity contribution is 5.78. The summed E-state index contributed by atoms with van der Waals surface area (Å²) in [5.74, 6) is 1.41. The number of H-pyrrole nitrogens is 1. The van der Waals surface area contributed by atoms with E-state index in [0.717, 1.165) is 33.6 Å². The first-order valence-corrected chi connectivity index (χ1v) is 10.7. The smallest absolute Gasteiger partial charge is 0.252 e. The Morgan fingerprint density at radius 3 is 2.38 bits per heavy atom. The molecule has 0 spiro atoms. The van der Waals surface area contributed by atoms with E-state index in [0.29, 0.717) is 34.3 Å². The number of imidazole rings is 1. The monoisotopic (exact) mass is 447 g/mol. The minimum absolute atomic E-state index is 0.342. The van der Waals surface area contributed by atoms with E-state index in [1.165, 1.54) is 0 Å². The molecule has 0 aliphatic carbocycles. The summed E-state index contributed by atoms with van der Waals surface area (Å²) < 4.78 is 6.30. The van der Waals surface area contributed by atoms with Crippen molar-refractivity contribution in [3.05, 3.63) is 83.3 Å². The lowest BCUT2D eigenvalue weighted by atomic mass is 10.0. The number of rotatable bonds is 5. The van der Waals surface area contributed by atoms with Crippen LogP contribution >= 0.6 is 0 Å². The molecule has 0 bridgehead atoms. The Bertz CT molecular complexity index is 1510. The molecule has 0 saturated carbocycles. The van der Waals surface area contributed by atoms with Crippen molar-refractivity contribution in [2.75, 3.05) is 5.32 Å². The van der Waals surface area contributed by atoms with Crippen molar-refractivity contribution in [3.63, 3.8) is 0 Å². The molecule has 0 amide bonds. The third-order valence-electron chi connectivity index (χ3n) is 5.38. The molecular formula is C26H21N7O. The fourth-order valence-corrected chi connectivity index (χ4v) is 3.69. The Morgan fingerprint density at radius 2 is 1.71 bits per heavy atom. The van der Waals surface area contributed by atoms with Gasteiger partial charge in [-0.25, -0.2) is 4.98 Å². The maximum atomic E-state index is 9.00. The van der Waals surface area contributed by atoms with Gasteiger partial charge >= 0.3 is 0 Å². The molecule has 2 N–H and O–H groups in total. The average molecular weight is 448 g/mol. The second-order valence-corrected chi connectivity index (χ2v) is 8.03. The van der Waals surface area contributed by atoms with Crippen molar-refractivity contribution >= 4 is 22.8 Å². The average Bonchev–Trinajstić information content (AvgIpc) is 3.31. The van der Waals surface area contributed by atoms with E-state index < -0.39 is 0 Å². The van der Waals surface area contributed by atoms with Crippen LogP contribution in [0.4, 0.5) is 11.6 Å². The molecule has 34 heavy (non-hydrogen) atoms. The second kappa shape index (κ2) is 8.64. The van der Waals surface area contributed by atoms with E-state index in [1.807, 2.05) is 33.0 Å². The predicted molar refractivity (Wildman–Crippen MR) is 130 cm³/mol. The second-order valence-electron chi connectivity index (χ2n) is 8.03. The maximum Gasteiger partial charge on any atom is 0.252 e. The van der Waals surface area contributed by atoms with E-state index in [-0.39, 0.29) is 0 Å². The van der Waals surface area contributed by atoms with Gasteiger partial charge in [-0.2, -0.15) is 15.2 Å². The van der Waals surface area contributed by atoms with Gasteiger partial charge in [0.1, 0.15) is 5.75 Å². The zero-order chi connectivity index (χ0) is 23.7. The summed E-state index contributed by atoms with van der Waals surface area (Å²) >= 11 is 0. The third-order valence-corrected chi connectivity index (χ3v) is 5.38. The third kappa shape index (κ3) is 4.14. The van der Waals surface area contributed by atoms with Crippen LogP contribution in [-0.4, -0.2) is 24.9 Å². The number of anilines is 2. The number of nitrogens with zero attached hydrogens (tertiary/aromatic N) is 5. The molecule has 0 aliphatic heterocycles. The van der Waals surface area contributed by atoms with Crippen molar-refractivity contribution in [3.8, 4) is 29.0 Å². The molecule has 5 aromatic rings. The van der Waals surface area contributed by atoms with Crippen LogP contribution in [0.15, 0.2) is 61.1 Å². The topological polar surface area (TPSA) is 112 Å². The van der Waals surface area contributed by atoms with Gasteiger partial charge in [0.15, 0.2) is 11.2 Å². The molecule has 2 aromatic carbocycles. The summed E-state index contributed by atoms with van der Waals surface area (Å²) in [5, 5.41) is 12.2. The van der Waals surface area contributed by atoms with E-state index in [4.69, 9.17) is 10.00 Å². The Balaban J connectivity index is 1.49. The molecule has 0 aliphatic rings. The fourth-order valence-electron chi connectivity index (χ4n) is 3.69. The molecule has 5 rings (SSSR count). The van der Waals surface area contributed by atoms with Crippen LogP contribution in [0.25, 0.3) is 22.4 Å². The summed E-state index contributed by atoms with van der Waals surface area (Å²) in [6.07, 6.45) is 3.42. The van der Waals surface area contributed by atoms with Gasteiger partial charge in [-0.1, -0.05) is 6.07 Å². The van der Waals surface area contributed by atoms with Crippen LogP contribution in [0.3, 0.4) is 0 Å². The van der Waals surface area contributed by atoms with E-state index in [1.54, 1.807) is 30.6 Å². The zero-order valence-electron chi connectivity index (χ0n) is 18.9. The number of aryl methyl sites for hydroxylation is 3. The molecule has 8 heteroatoms. The molecule has 0 atom stereocenters. The van der Waals surface area contributed by atoms with Crippen molar-refractivity contribution in [2.24, 2.45) is 0 Å². The van der Waals surface area contributed by atoms with Crippen LogP contribution in [0, 0.1) is 32.1 Å². The summed E-state index contributed by atoms with van der Waals surface area (Å²) in [5.41, 5.74) is 7.40. The molecule has 8 nitrogen and oxygen atoms in total. The first-order chi connectivity index (χ1) is 16.5. The molecule has 3 heterocycles. The van der Waals surface area contributed by atoms with Gasteiger partial charge in [-0.15, -0.1) is 0 Å². The summed E-state index contributed by atoms with van der Waals surface area (Å²) in [4.78, 5) is 21.0. The lowest BCUT2D eigenvalue weighted by molar-refractivity contribution is 0.461. The number of ether oxygens (including phenoxy) is 1. The number of hydrogen-bond acceptors (Lipinski definition) is 7. The number of aromatic amines is 1. The van der Waals surface area contributed by atoms with Crippen molar-refractivity contribution in [2.45, 2.75) is 20.8 Å². The number of nitriles is 1. The summed E-state index contributed by atoms with van der Waals surface area (Å²) in [6.45, 7) is 6.02.